The standard InChI is InChI=1S/C14H13N5OS/c1-7-3-8(2)17-11(4-7)18-13(20)9-6-21-10-5-16-14(15)19-12(9)10/h3-6H,1-2H3,(H2,15,16,19)(H,17,18,20). The van der Waals surface area contributed by atoms with Crippen molar-refractivity contribution >= 4 is 39.2 Å². The van der Waals surface area contributed by atoms with E-state index in [-0.39, 0.29) is 11.9 Å². The smallest absolute Gasteiger partial charge is 0.259 e. The highest BCUT2D eigenvalue weighted by Crippen LogP contribution is 2.24. The Morgan fingerprint density at radius 1 is 1.29 bits per heavy atom. The highest BCUT2D eigenvalue weighted by Gasteiger charge is 2.15. The zero-order valence-corrected chi connectivity index (χ0v) is 12.4. The highest BCUT2D eigenvalue weighted by molar-refractivity contribution is 7.17. The van der Waals surface area contributed by atoms with Gasteiger partial charge in [0, 0.05) is 11.1 Å². The van der Waals surface area contributed by atoms with Gasteiger partial charge in [-0.15, -0.1) is 11.3 Å². The Morgan fingerprint density at radius 3 is 2.86 bits per heavy atom. The van der Waals surface area contributed by atoms with E-state index in [9.17, 15) is 4.79 Å². The first-order valence-corrected chi connectivity index (χ1v) is 7.17. The van der Waals surface area contributed by atoms with Gasteiger partial charge in [0.05, 0.1) is 22.0 Å². The van der Waals surface area contributed by atoms with E-state index in [1.54, 1.807) is 11.6 Å². The third-order valence-electron chi connectivity index (χ3n) is 2.92. The van der Waals surface area contributed by atoms with Crippen molar-refractivity contribution in [3.05, 3.63) is 40.5 Å². The summed E-state index contributed by atoms with van der Waals surface area (Å²) in [6, 6.07) is 3.77. The van der Waals surface area contributed by atoms with Crippen LogP contribution in [0.3, 0.4) is 0 Å². The lowest BCUT2D eigenvalue weighted by Gasteiger charge is -2.06. The molecule has 0 atom stereocenters. The van der Waals surface area contributed by atoms with Crippen LogP contribution in [0.1, 0.15) is 21.6 Å². The molecule has 21 heavy (non-hydrogen) atoms. The Bertz CT molecular complexity index is 822. The second-order valence-electron chi connectivity index (χ2n) is 4.72. The number of aryl methyl sites for hydroxylation is 2. The molecule has 0 saturated heterocycles. The Labute approximate surface area is 125 Å². The molecule has 1 amide bonds. The minimum atomic E-state index is -0.253. The van der Waals surface area contributed by atoms with Crippen molar-refractivity contribution in [2.75, 3.05) is 11.1 Å². The van der Waals surface area contributed by atoms with E-state index >= 15 is 0 Å². The van der Waals surface area contributed by atoms with Gasteiger partial charge in [-0.3, -0.25) is 4.79 Å². The maximum Gasteiger partial charge on any atom is 0.259 e. The molecule has 3 heterocycles. The van der Waals surface area contributed by atoms with Crippen LogP contribution in [0.25, 0.3) is 10.2 Å². The van der Waals surface area contributed by atoms with Crippen LogP contribution in [0, 0.1) is 13.8 Å². The maximum absolute atomic E-state index is 12.4. The number of rotatable bonds is 2. The topological polar surface area (TPSA) is 93.8 Å². The van der Waals surface area contributed by atoms with Crippen molar-refractivity contribution in [1.29, 1.82) is 0 Å². The molecule has 0 aliphatic heterocycles. The number of pyridine rings is 1. The van der Waals surface area contributed by atoms with Gasteiger partial charge >= 0.3 is 0 Å². The third-order valence-corrected chi connectivity index (χ3v) is 3.82. The monoisotopic (exact) mass is 299 g/mol. The van der Waals surface area contributed by atoms with Gasteiger partial charge in [-0.05, 0) is 31.5 Å². The van der Waals surface area contributed by atoms with E-state index in [2.05, 4.69) is 20.3 Å². The summed E-state index contributed by atoms with van der Waals surface area (Å²) in [7, 11) is 0. The SMILES string of the molecule is Cc1cc(C)nc(NC(=O)c2csc3cnc(N)nc23)c1. The summed E-state index contributed by atoms with van der Waals surface area (Å²) in [4.78, 5) is 24.7. The van der Waals surface area contributed by atoms with Crippen LogP contribution in [0.15, 0.2) is 23.7 Å². The summed E-state index contributed by atoms with van der Waals surface area (Å²) < 4.78 is 0.822. The summed E-state index contributed by atoms with van der Waals surface area (Å²) >= 11 is 1.41. The van der Waals surface area contributed by atoms with Crippen molar-refractivity contribution in [3.8, 4) is 0 Å². The quantitative estimate of drug-likeness (QED) is 0.758. The number of thiophene rings is 1. The fraction of sp³-hybridized carbons (Fsp3) is 0.143. The molecule has 3 rings (SSSR count). The van der Waals surface area contributed by atoms with Gasteiger partial charge in [-0.1, -0.05) is 0 Å². The molecule has 0 fully saturated rings. The molecule has 7 heteroatoms. The average molecular weight is 299 g/mol. The Balaban J connectivity index is 1.95. The molecule has 3 aromatic heterocycles. The lowest BCUT2D eigenvalue weighted by molar-refractivity contribution is 0.102. The number of carbonyl (C=O) groups excluding carboxylic acids is 1. The fourth-order valence-corrected chi connectivity index (χ4v) is 2.94. The van der Waals surface area contributed by atoms with Crippen molar-refractivity contribution in [2.45, 2.75) is 13.8 Å². The lowest BCUT2D eigenvalue weighted by atomic mass is 10.2. The number of fused-ring (bicyclic) bond motifs is 1. The number of hydrogen-bond donors (Lipinski definition) is 2. The van der Waals surface area contributed by atoms with Gasteiger partial charge in [-0.25, -0.2) is 15.0 Å². The number of amides is 1. The van der Waals surface area contributed by atoms with Crippen molar-refractivity contribution in [3.63, 3.8) is 0 Å². The van der Waals surface area contributed by atoms with E-state index in [0.717, 1.165) is 16.0 Å². The largest absolute Gasteiger partial charge is 0.368 e. The molecule has 0 unspecified atom stereocenters. The number of carbonyl (C=O) groups is 1. The molecule has 3 aromatic rings. The summed E-state index contributed by atoms with van der Waals surface area (Å²) in [5.41, 5.74) is 8.52. The van der Waals surface area contributed by atoms with Crippen LogP contribution in [0.5, 0.6) is 0 Å². The van der Waals surface area contributed by atoms with Gasteiger partial charge in [0.15, 0.2) is 0 Å². The van der Waals surface area contributed by atoms with Gasteiger partial charge in [-0.2, -0.15) is 0 Å². The van der Waals surface area contributed by atoms with Crippen LogP contribution < -0.4 is 11.1 Å². The molecule has 0 spiro atoms. The van der Waals surface area contributed by atoms with Crippen LogP contribution in [-0.4, -0.2) is 20.9 Å². The van der Waals surface area contributed by atoms with E-state index in [1.165, 1.54) is 11.3 Å². The minimum Gasteiger partial charge on any atom is -0.368 e. The maximum atomic E-state index is 12.4. The van der Waals surface area contributed by atoms with Crippen molar-refractivity contribution in [2.24, 2.45) is 0 Å². The summed E-state index contributed by atoms with van der Waals surface area (Å²) in [6.07, 6.45) is 1.62. The predicted molar refractivity (Wildman–Crippen MR) is 83.5 cm³/mol. The number of nitrogen functional groups attached to an aromatic ring is 1. The predicted octanol–water partition coefficient (Wildman–Crippen LogP) is 2.54. The summed E-state index contributed by atoms with van der Waals surface area (Å²) in [6.45, 7) is 3.84. The normalized spacial score (nSPS) is 10.8. The molecular weight excluding hydrogens is 286 g/mol. The van der Waals surface area contributed by atoms with E-state index in [4.69, 9.17) is 5.73 Å². The lowest BCUT2D eigenvalue weighted by Crippen LogP contribution is -2.13. The second kappa shape index (κ2) is 5.10. The van der Waals surface area contributed by atoms with E-state index in [0.29, 0.717) is 16.9 Å². The van der Waals surface area contributed by atoms with Gasteiger partial charge < -0.3 is 11.1 Å². The average Bonchev–Trinajstić information content (AvgIpc) is 2.80. The molecule has 3 N–H and O–H groups in total. The van der Waals surface area contributed by atoms with E-state index < -0.39 is 0 Å². The first kappa shape index (κ1) is 13.4. The molecule has 106 valence electrons. The van der Waals surface area contributed by atoms with Crippen LogP contribution >= 0.6 is 11.3 Å². The third kappa shape index (κ3) is 2.68. The number of hydrogen-bond acceptors (Lipinski definition) is 6. The minimum absolute atomic E-state index is 0.152. The van der Waals surface area contributed by atoms with Crippen LogP contribution in [-0.2, 0) is 0 Å². The first-order valence-electron chi connectivity index (χ1n) is 6.29. The molecular formula is C14H13N5OS. The fourth-order valence-electron chi connectivity index (χ4n) is 2.09. The molecule has 0 saturated carbocycles. The molecule has 0 aliphatic carbocycles. The number of aromatic nitrogens is 3. The molecule has 0 aliphatic rings. The van der Waals surface area contributed by atoms with Gasteiger partial charge in [0.2, 0.25) is 5.95 Å². The number of nitrogens with two attached hydrogens (primary N) is 1. The number of anilines is 2. The summed E-state index contributed by atoms with van der Waals surface area (Å²) in [5.74, 6) is 0.426. The molecule has 6 nitrogen and oxygen atoms in total. The number of nitrogens with zero attached hydrogens (tertiary/aromatic N) is 3. The van der Waals surface area contributed by atoms with Gasteiger partial charge in [0.1, 0.15) is 5.82 Å². The Hall–Kier alpha value is -2.54. The summed E-state index contributed by atoms with van der Waals surface area (Å²) in [5, 5.41) is 4.54. The first-order chi connectivity index (χ1) is 10.0. The Morgan fingerprint density at radius 2 is 2.10 bits per heavy atom. The van der Waals surface area contributed by atoms with Crippen LogP contribution in [0.2, 0.25) is 0 Å². The van der Waals surface area contributed by atoms with Crippen molar-refractivity contribution in [1.82, 2.24) is 15.0 Å². The van der Waals surface area contributed by atoms with Crippen LogP contribution in [0.4, 0.5) is 11.8 Å². The zero-order valence-electron chi connectivity index (χ0n) is 11.5. The highest BCUT2D eigenvalue weighted by atomic mass is 32.1. The van der Waals surface area contributed by atoms with Gasteiger partial charge in [0.25, 0.3) is 5.91 Å². The number of nitrogens with one attached hydrogen (secondary N) is 1. The van der Waals surface area contributed by atoms with Crippen molar-refractivity contribution < 1.29 is 4.79 Å². The van der Waals surface area contributed by atoms with E-state index in [1.807, 2.05) is 26.0 Å². The molecule has 0 radical (unpaired) electrons. The zero-order chi connectivity index (χ0) is 15.0. The molecule has 0 aromatic carbocycles. The second-order valence-corrected chi connectivity index (χ2v) is 5.63. The molecule has 0 bridgehead atoms. The Kier molecular flexibility index (Phi) is 3.26.